The van der Waals surface area contributed by atoms with E-state index in [-0.39, 0.29) is 11.7 Å². The number of carbonyl (C=O) groups is 1. The number of nitrogens with zero attached hydrogens (tertiary/aromatic N) is 1. The third-order valence-electron chi connectivity index (χ3n) is 3.39. The first kappa shape index (κ1) is 14.2. The predicted octanol–water partition coefficient (Wildman–Crippen LogP) is 4.90. The molecule has 114 valence electrons. The quantitative estimate of drug-likeness (QED) is 0.525. The van der Waals surface area contributed by atoms with Crippen molar-refractivity contribution < 1.29 is 9.21 Å². The van der Waals surface area contributed by atoms with Crippen molar-refractivity contribution in [3.05, 3.63) is 58.4 Å². The van der Waals surface area contributed by atoms with Gasteiger partial charge in [0.15, 0.2) is 15.6 Å². The van der Waals surface area contributed by atoms with E-state index in [9.17, 15) is 4.79 Å². The summed E-state index contributed by atoms with van der Waals surface area (Å²) in [5.74, 6) is -0.0868. The number of aromatic amines is 1. The molecule has 1 amide bonds. The molecule has 4 rings (SSSR count). The van der Waals surface area contributed by atoms with E-state index >= 15 is 0 Å². The molecule has 7 heteroatoms. The zero-order valence-electron chi connectivity index (χ0n) is 11.7. The van der Waals surface area contributed by atoms with E-state index < -0.39 is 0 Å². The highest BCUT2D eigenvalue weighted by Gasteiger charge is 2.14. The lowest BCUT2D eigenvalue weighted by atomic mass is 10.1. The molecule has 0 aliphatic carbocycles. The highest BCUT2D eigenvalue weighted by atomic mass is 79.9. The Morgan fingerprint density at radius 1 is 1.26 bits per heavy atom. The molecule has 0 bridgehead atoms. The Labute approximate surface area is 143 Å². The van der Waals surface area contributed by atoms with E-state index in [0.717, 1.165) is 22.2 Å². The van der Waals surface area contributed by atoms with Gasteiger partial charge in [-0.15, -0.1) is 11.3 Å². The summed E-state index contributed by atoms with van der Waals surface area (Å²) < 4.78 is 5.75. The number of hydrogen-bond donors (Lipinski definition) is 2. The summed E-state index contributed by atoms with van der Waals surface area (Å²) in [7, 11) is 0. The molecule has 3 heterocycles. The van der Waals surface area contributed by atoms with Crippen LogP contribution in [0.3, 0.4) is 0 Å². The topological polar surface area (TPSA) is 70.9 Å². The van der Waals surface area contributed by atoms with Crippen LogP contribution in [0.5, 0.6) is 0 Å². The first-order valence-corrected chi connectivity index (χ1v) is 8.47. The fourth-order valence-electron chi connectivity index (χ4n) is 2.33. The molecule has 5 nitrogen and oxygen atoms in total. The number of para-hydroxylation sites is 1. The lowest BCUT2D eigenvalue weighted by molar-refractivity contribution is 0.0995. The molecule has 0 saturated heterocycles. The van der Waals surface area contributed by atoms with Crippen molar-refractivity contribution in [2.45, 2.75) is 0 Å². The van der Waals surface area contributed by atoms with Crippen LogP contribution in [0.1, 0.15) is 10.6 Å². The van der Waals surface area contributed by atoms with Crippen LogP contribution >= 0.6 is 27.3 Å². The van der Waals surface area contributed by atoms with Gasteiger partial charge in [0.2, 0.25) is 0 Å². The average molecular weight is 388 g/mol. The maximum absolute atomic E-state index is 12.1. The molecular weight excluding hydrogens is 378 g/mol. The molecule has 4 aromatic rings. The number of hydrogen-bond acceptors (Lipinski definition) is 4. The minimum absolute atomic E-state index is 0.237. The Morgan fingerprint density at radius 2 is 2.13 bits per heavy atom. The molecule has 0 aliphatic rings. The van der Waals surface area contributed by atoms with Crippen LogP contribution in [0.2, 0.25) is 0 Å². The zero-order chi connectivity index (χ0) is 15.8. The molecule has 0 aliphatic heterocycles. The van der Waals surface area contributed by atoms with Gasteiger partial charge in [-0.1, -0.05) is 18.2 Å². The van der Waals surface area contributed by atoms with Gasteiger partial charge in [-0.2, -0.15) is 0 Å². The smallest absolute Gasteiger partial charge is 0.293 e. The second-order valence-electron chi connectivity index (χ2n) is 4.84. The summed E-state index contributed by atoms with van der Waals surface area (Å²) in [6.45, 7) is 0. The van der Waals surface area contributed by atoms with Gasteiger partial charge < -0.3 is 9.40 Å². The van der Waals surface area contributed by atoms with Crippen LogP contribution in [-0.2, 0) is 0 Å². The number of amides is 1. The zero-order valence-corrected chi connectivity index (χ0v) is 14.1. The average Bonchev–Trinajstić information content (AvgIpc) is 3.26. The highest BCUT2D eigenvalue weighted by Crippen LogP contribution is 2.31. The van der Waals surface area contributed by atoms with E-state index in [1.54, 1.807) is 12.1 Å². The van der Waals surface area contributed by atoms with E-state index in [4.69, 9.17) is 4.42 Å². The first-order valence-electron chi connectivity index (χ1n) is 6.79. The molecule has 0 spiro atoms. The summed E-state index contributed by atoms with van der Waals surface area (Å²) in [5.41, 5.74) is 2.89. The number of nitrogens with one attached hydrogen (secondary N) is 2. The van der Waals surface area contributed by atoms with E-state index in [2.05, 4.69) is 31.2 Å². The number of thiazole rings is 1. The van der Waals surface area contributed by atoms with Crippen molar-refractivity contribution >= 4 is 49.2 Å². The van der Waals surface area contributed by atoms with Gasteiger partial charge >= 0.3 is 0 Å². The minimum Gasteiger partial charge on any atom is -0.444 e. The molecule has 0 radical (unpaired) electrons. The number of carbonyl (C=O) groups excluding carboxylic acids is 1. The summed E-state index contributed by atoms with van der Waals surface area (Å²) >= 11 is 4.55. The molecule has 0 saturated carbocycles. The minimum atomic E-state index is -0.324. The Morgan fingerprint density at radius 3 is 2.96 bits per heavy atom. The van der Waals surface area contributed by atoms with Gasteiger partial charge in [0.05, 0.1) is 5.69 Å². The largest absolute Gasteiger partial charge is 0.444 e. The van der Waals surface area contributed by atoms with Crippen molar-refractivity contribution in [1.82, 2.24) is 9.97 Å². The van der Waals surface area contributed by atoms with Gasteiger partial charge in [0.1, 0.15) is 0 Å². The van der Waals surface area contributed by atoms with Gasteiger partial charge in [-0.05, 0) is 34.1 Å². The van der Waals surface area contributed by atoms with Crippen LogP contribution in [0, 0.1) is 0 Å². The molecule has 0 fully saturated rings. The number of rotatable bonds is 3. The van der Waals surface area contributed by atoms with Crippen LogP contribution in [0.15, 0.2) is 57.1 Å². The Hall–Kier alpha value is -2.38. The lowest BCUT2D eigenvalue weighted by Crippen LogP contribution is -2.10. The standard InChI is InChI=1S/C16H10BrN3O2S/c17-14-6-5-13(22-14)15(21)20-16-19-12(8-23-16)10-7-18-11-4-2-1-3-9(10)11/h1-8,18H,(H,19,20,21). The second-order valence-corrected chi connectivity index (χ2v) is 6.48. The first-order chi connectivity index (χ1) is 11.2. The number of aromatic nitrogens is 2. The number of fused-ring (bicyclic) bond motifs is 1. The monoisotopic (exact) mass is 387 g/mol. The fraction of sp³-hybridized carbons (Fsp3) is 0. The number of benzene rings is 1. The van der Waals surface area contributed by atoms with E-state index in [1.807, 2.05) is 35.8 Å². The SMILES string of the molecule is O=C(Nc1nc(-c2c[nH]c3ccccc23)cs1)c1ccc(Br)o1. The molecule has 0 unspecified atom stereocenters. The van der Waals surface area contributed by atoms with Crippen LogP contribution in [-0.4, -0.2) is 15.9 Å². The predicted molar refractivity (Wildman–Crippen MR) is 93.8 cm³/mol. The highest BCUT2D eigenvalue weighted by molar-refractivity contribution is 9.10. The molecule has 1 aromatic carbocycles. The van der Waals surface area contributed by atoms with Crippen LogP contribution in [0.25, 0.3) is 22.2 Å². The lowest BCUT2D eigenvalue weighted by Gasteiger charge is -1.97. The second kappa shape index (κ2) is 5.68. The van der Waals surface area contributed by atoms with Gasteiger partial charge in [-0.3, -0.25) is 10.1 Å². The normalized spacial score (nSPS) is 11.0. The molecule has 3 aromatic heterocycles. The summed E-state index contributed by atoms with van der Waals surface area (Å²) in [4.78, 5) is 19.8. The number of H-pyrrole nitrogens is 1. The third kappa shape index (κ3) is 2.69. The Kier molecular flexibility index (Phi) is 3.51. The van der Waals surface area contributed by atoms with Gasteiger partial charge in [0.25, 0.3) is 5.91 Å². The molecule has 23 heavy (non-hydrogen) atoms. The third-order valence-corrected chi connectivity index (χ3v) is 4.57. The Bertz CT molecular complexity index is 1000. The van der Waals surface area contributed by atoms with Gasteiger partial charge in [-0.25, -0.2) is 4.98 Å². The maximum atomic E-state index is 12.1. The van der Waals surface area contributed by atoms with E-state index in [1.165, 1.54) is 11.3 Å². The molecule has 2 N–H and O–H groups in total. The maximum Gasteiger partial charge on any atom is 0.293 e. The molecular formula is C16H10BrN3O2S. The number of anilines is 1. The summed E-state index contributed by atoms with van der Waals surface area (Å²) in [6, 6.07) is 11.3. The van der Waals surface area contributed by atoms with Crippen molar-refractivity contribution in [1.29, 1.82) is 0 Å². The summed E-state index contributed by atoms with van der Waals surface area (Å²) in [6.07, 6.45) is 1.93. The Balaban J connectivity index is 1.60. The number of furan rings is 1. The van der Waals surface area contributed by atoms with Crippen LogP contribution in [0.4, 0.5) is 5.13 Å². The summed E-state index contributed by atoms with van der Waals surface area (Å²) in [5, 5.41) is 6.30. The van der Waals surface area contributed by atoms with E-state index in [0.29, 0.717) is 9.80 Å². The van der Waals surface area contributed by atoms with Crippen molar-refractivity contribution in [2.75, 3.05) is 5.32 Å². The van der Waals surface area contributed by atoms with Crippen LogP contribution < -0.4 is 5.32 Å². The fourth-order valence-corrected chi connectivity index (χ4v) is 3.35. The van der Waals surface area contributed by atoms with Gasteiger partial charge in [0, 0.05) is 28.0 Å². The van der Waals surface area contributed by atoms with Crippen molar-refractivity contribution in [2.24, 2.45) is 0 Å². The van der Waals surface area contributed by atoms with Crippen molar-refractivity contribution in [3.8, 4) is 11.3 Å². The number of halogens is 1. The van der Waals surface area contributed by atoms with Crippen molar-refractivity contribution in [3.63, 3.8) is 0 Å². The molecule has 0 atom stereocenters.